The topological polar surface area (TPSA) is 40.6 Å². The van der Waals surface area contributed by atoms with Crippen LogP contribution in [-0.4, -0.2) is 53.0 Å². The number of carbonyl (C=O) groups is 2. The molecule has 2 aromatic rings. The third kappa shape index (κ3) is 4.42. The van der Waals surface area contributed by atoms with Crippen molar-refractivity contribution in [1.82, 2.24) is 9.80 Å². The lowest BCUT2D eigenvalue weighted by atomic mass is 10.2. The van der Waals surface area contributed by atoms with E-state index in [0.29, 0.717) is 31.7 Å². The van der Waals surface area contributed by atoms with Crippen molar-refractivity contribution in [3.63, 3.8) is 0 Å². The second kappa shape index (κ2) is 8.21. The van der Waals surface area contributed by atoms with Crippen molar-refractivity contribution in [2.75, 3.05) is 26.2 Å². The summed E-state index contributed by atoms with van der Waals surface area (Å²) in [6.07, 6.45) is 0. The number of benzene rings is 2. The maximum absolute atomic E-state index is 12.7. The fourth-order valence-corrected chi connectivity index (χ4v) is 3.88. The summed E-state index contributed by atoms with van der Waals surface area (Å²) in [6, 6.07) is 19.3. The molecule has 0 saturated carbocycles. The van der Waals surface area contributed by atoms with Gasteiger partial charge in [-0.3, -0.25) is 9.59 Å². The molecule has 5 heteroatoms. The molecule has 1 aliphatic heterocycles. The number of piperazine rings is 1. The van der Waals surface area contributed by atoms with Crippen LogP contribution < -0.4 is 0 Å². The van der Waals surface area contributed by atoms with Gasteiger partial charge in [-0.15, -0.1) is 11.8 Å². The zero-order valence-electron chi connectivity index (χ0n) is 14.3. The van der Waals surface area contributed by atoms with E-state index < -0.39 is 0 Å². The largest absolute Gasteiger partial charge is 0.338 e. The summed E-state index contributed by atoms with van der Waals surface area (Å²) in [6.45, 7) is 4.31. The average molecular weight is 354 g/mol. The smallest absolute Gasteiger partial charge is 0.253 e. The Balaban J connectivity index is 1.53. The Morgan fingerprint density at radius 2 is 1.36 bits per heavy atom. The first kappa shape index (κ1) is 17.5. The lowest BCUT2D eigenvalue weighted by Gasteiger charge is -2.36. The SMILES string of the molecule is CC(Sc1ccccc1)C(=O)N1CCN(C(=O)c2ccccc2)CC1. The Labute approximate surface area is 152 Å². The van der Waals surface area contributed by atoms with E-state index in [4.69, 9.17) is 0 Å². The van der Waals surface area contributed by atoms with E-state index in [1.54, 1.807) is 11.8 Å². The van der Waals surface area contributed by atoms with E-state index in [0.717, 1.165) is 4.90 Å². The highest BCUT2D eigenvalue weighted by molar-refractivity contribution is 8.00. The highest BCUT2D eigenvalue weighted by atomic mass is 32.2. The van der Waals surface area contributed by atoms with Gasteiger partial charge < -0.3 is 9.80 Å². The fourth-order valence-electron chi connectivity index (χ4n) is 2.90. The van der Waals surface area contributed by atoms with Gasteiger partial charge in [0.15, 0.2) is 0 Å². The molecule has 0 N–H and O–H groups in total. The van der Waals surface area contributed by atoms with Crippen LogP contribution in [0.2, 0.25) is 0 Å². The molecule has 1 saturated heterocycles. The second-order valence-corrected chi connectivity index (χ2v) is 7.47. The van der Waals surface area contributed by atoms with Crippen molar-refractivity contribution in [2.24, 2.45) is 0 Å². The first-order valence-corrected chi connectivity index (χ1v) is 9.38. The van der Waals surface area contributed by atoms with Gasteiger partial charge in [-0.2, -0.15) is 0 Å². The van der Waals surface area contributed by atoms with Gasteiger partial charge in [0.05, 0.1) is 5.25 Å². The number of amides is 2. The maximum Gasteiger partial charge on any atom is 0.253 e. The Bertz CT molecular complexity index is 713. The molecule has 130 valence electrons. The molecule has 1 atom stereocenters. The Hall–Kier alpha value is -2.27. The van der Waals surface area contributed by atoms with Gasteiger partial charge in [-0.25, -0.2) is 0 Å². The molecule has 2 aromatic carbocycles. The minimum absolute atomic E-state index is 0.0411. The maximum atomic E-state index is 12.7. The minimum atomic E-state index is -0.126. The van der Waals surface area contributed by atoms with Crippen LogP contribution in [0.5, 0.6) is 0 Å². The summed E-state index contributed by atoms with van der Waals surface area (Å²) >= 11 is 1.58. The molecule has 1 heterocycles. The Kier molecular flexibility index (Phi) is 5.76. The summed E-state index contributed by atoms with van der Waals surface area (Å²) in [7, 11) is 0. The van der Waals surface area contributed by atoms with Crippen molar-refractivity contribution in [2.45, 2.75) is 17.1 Å². The molecule has 3 rings (SSSR count). The van der Waals surface area contributed by atoms with Crippen LogP contribution in [0.4, 0.5) is 0 Å². The molecule has 1 unspecified atom stereocenters. The highest BCUT2D eigenvalue weighted by Crippen LogP contribution is 2.24. The molecule has 0 aromatic heterocycles. The van der Waals surface area contributed by atoms with Crippen LogP contribution >= 0.6 is 11.8 Å². The van der Waals surface area contributed by atoms with Gasteiger partial charge in [0, 0.05) is 36.6 Å². The zero-order valence-corrected chi connectivity index (χ0v) is 15.1. The summed E-state index contributed by atoms with van der Waals surface area (Å²) in [5.41, 5.74) is 0.704. The molecule has 25 heavy (non-hydrogen) atoms. The minimum Gasteiger partial charge on any atom is -0.338 e. The first-order valence-electron chi connectivity index (χ1n) is 8.50. The number of hydrogen-bond donors (Lipinski definition) is 0. The van der Waals surface area contributed by atoms with Crippen molar-refractivity contribution in [3.8, 4) is 0 Å². The number of hydrogen-bond acceptors (Lipinski definition) is 3. The molecule has 2 amide bonds. The van der Waals surface area contributed by atoms with Gasteiger partial charge in [-0.05, 0) is 31.2 Å². The van der Waals surface area contributed by atoms with Crippen molar-refractivity contribution >= 4 is 23.6 Å². The summed E-state index contributed by atoms with van der Waals surface area (Å²) in [5, 5.41) is -0.126. The highest BCUT2D eigenvalue weighted by Gasteiger charge is 2.27. The molecular formula is C20H22N2O2S. The average Bonchev–Trinajstić information content (AvgIpc) is 2.68. The van der Waals surface area contributed by atoms with E-state index in [1.165, 1.54) is 0 Å². The van der Waals surface area contributed by atoms with E-state index in [9.17, 15) is 9.59 Å². The summed E-state index contributed by atoms with van der Waals surface area (Å²) in [4.78, 5) is 29.9. The second-order valence-electron chi connectivity index (χ2n) is 6.06. The van der Waals surface area contributed by atoms with Crippen molar-refractivity contribution in [3.05, 3.63) is 66.2 Å². The van der Waals surface area contributed by atoms with Crippen LogP contribution in [0.1, 0.15) is 17.3 Å². The predicted molar refractivity (Wildman–Crippen MR) is 101 cm³/mol. The molecule has 0 aliphatic carbocycles. The molecular weight excluding hydrogens is 332 g/mol. The lowest BCUT2D eigenvalue weighted by Crippen LogP contribution is -2.52. The van der Waals surface area contributed by atoms with Crippen LogP contribution in [0, 0.1) is 0 Å². The van der Waals surface area contributed by atoms with E-state index in [2.05, 4.69) is 0 Å². The lowest BCUT2D eigenvalue weighted by molar-refractivity contribution is -0.131. The van der Waals surface area contributed by atoms with E-state index in [1.807, 2.05) is 77.4 Å². The zero-order chi connectivity index (χ0) is 17.6. The third-order valence-corrected chi connectivity index (χ3v) is 5.40. The predicted octanol–water partition coefficient (Wildman–Crippen LogP) is 3.15. The Morgan fingerprint density at radius 3 is 1.96 bits per heavy atom. The van der Waals surface area contributed by atoms with Crippen LogP contribution in [0.3, 0.4) is 0 Å². The molecule has 0 bridgehead atoms. The fraction of sp³-hybridized carbons (Fsp3) is 0.300. The van der Waals surface area contributed by atoms with Crippen LogP contribution in [0.15, 0.2) is 65.6 Å². The van der Waals surface area contributed by atoms with Gasteiger partial charge in [0.1, 0.15) is 0 Å². The number of nitrogens with zero attached hydrogens (tertiary/aromatic N) is 2. The Morgan fingerprint density at radius 1 is 0.840 bits per heavy atom. The molecule has 1 fully saturated rings. The van der Waals surface area contributed by atoms with Crippen LogP contribution in [-0.2, 0) is 4.79 Å². The molecule has 0 spiro atoms. The summed E-state index contributed by atoms with van der Waals surface area (Å²) < 4.78 is 0. The van der Waals surface area contributed by atoms with Gasteiger partial charge in [0.25, 0.3) is 5.91 Å². The molecule has 4 nitrogen and oxygen atoms in total. The van der Waals surface area contributed by atoms with Gasteiger partial charge in [-0.1, -0.05) is 36.4 Å². The van der Waals surface area contributed by atoms with Crippen molar-refractivity contribution < 1.29 is 9.59 Å². The quantitative estimate of drug-likeness (QED) is 0.792. The van der Waals surface area contributed by atoms with E-state index in [-0.39, 0.29) is 17.1 Å². The third-order valence-electron chi connectivity index (χ3n) is 4.30. The van der Waals surface area contributed by atoms with E-state index >= 15 is 0 Å². The number of thioether (sulfide) groups is 1. The van der Waals surface area contributed by atoms with Crippen LogP contribution in [0.25, 0.3) is 0 Å². The summed E-state index contributed by atoms with van der Waals surface area (Å²) in [5.74, 6) is 0.181. The van der Waals surface area contributed by atoms with Gasteiger partial charge in [0.2, 0.25) is 5.91 Å². The number of rotatable bonds is 4. The normalized spacial score (nSPS) is 15.7. The van der Waals surface area contributed by atoms with Gasteiger partial charge >= 0.3 is 0 Å². The molecule has 1 aliphatic rings. The first-order chi connectivity index (χ1) is 12.1. The monoisotopic (exact) mass is 354 g/mol. The molecule has 0 radical (unpaired) electrons. The van der Waals surface area contributed by atoms with Crippen molar-refractivity contribution in [1.29, 1.82) is 0 Å². The standard InChI is InChI=1S/C20H22N2O2S/c1-16(25-18-10-6-3-7-11-18)19(23)21-12-14-22(15-13-21)20(24)17-8-4-2-5-9-17/h2-11,16H,12-15H2,1H3. The number of carbonyl (C=O) groups excluding carboxylic acids is 2.